The van der Waals surface area contributed by atoms with Gasteiger partial charge in [0.2, 0.25) is 0 Å². The highest BCUT2D eigenvalue weighted by Gasteiger charge is 2.07. The summed E-state index contributed by atoms with van der Waals surface area (Å²) < 4.78 is 6.21. The van der Waals surface area contributed by atoms with Crippen LogP contribution < -0.4 is 5.32 Å². The molecular formula is C11H13N5O3. The number of aryl methyl sites for hydroxylation is 1. The molecule has 0 spiro atoms. The van der Waals surface area contributed by atoms with E-state index in [0.29, 0.717) is 11.4 Å². The van der Waals surface area contributed by atoms with Gasteiger partial charge in [-0.1, -0.05) is 6.07 Å². The van der Waals surface area contributed by atoms with E-state index in [9.17, 15) is 4.79 Å². The van der Waals surface area contributed by atoms with E-state index >= 15 is 0 Å². The molecule has 2 aromatic rings. The van der Waals surface area contributed by atoms with Crippen LogP contribution in [-0.4, -0.2) is 44.6 Å². The Morgan fingerprint density at radius 1 is 1.53 bits per heavy atom. The normalized spacial score (nSPS) is 10.2. The van der Waals surface area contributed by atoms with E-state index in [4.69, 9.17) is 9.84 Å². The minimum Gasteiger partial charge on any atom is -0.447 e. The number of aliphatic hydroxyl groups excluding tert-OH is 1. The fraction of sp³-hybridized carbons (Fsp3) is 0.273. The largest absolute Gasteiger partial charge is 0.447 e. The Hall–Kier alpha value is -2.48. The molecule has 8 heteroatoms. The van der Waals surface area contributed by atoms with Crippen LogP contribution in [0.15, 0.2) is 24.5 Å². The first-order valence-corrected chi connectivity index (χ1v) is 5.59. The van der Waals surface area contributed by atoms with Gasteiger partial charge in [0, 0.05) is 5.69 Å². The summed E-state index contributed by atoms with van der Waals surface area (Å²) in [7, 11) is 0. The van der Waals surface area contributed by atoms with Gasteiger partial charge in [0.05, 0.1) is 12.3 Å². The molecular weight excluding hydrogens is 250 g/mol. The summed E-state index contributed by atoms with van der Waals surface area (Å²) in [6.45, 7) is 1.60. The lowest BCUT2D eigenvalue weighted by atomic mass is 10.2. The SMILES string of the molecule is Cc1ccc(-n2cnnn2)cc1NC(=O)OCCO. The summed E-state index contributed by atoms with van der Waals surface area (Å²) >= 11 is 0. The number of tetrazole rings is 1. The molecule has 1 amide bonds. The monoisotopic (exact) mass is 263 g/mol. The van der Waals surface area contributed by atoms with E-state index in [2.05, 4.69) is 20.8 Å². The standard InChI is InChI=1S/C11H13N5O3/c1-8-2-3-9(16-7-12-14-15-16)6-10(8)13-11(18)19-5-4-17/h2-3,6-7,17H,4-5H2,1H3,(H,13,18). The first kappa shape index (κ1) is 13.0. The average Bonchev–Trinajstić information content (AvgIpc) is 2.93. The second-order valence-electron chi connectivity index (χ2n) is 3.74. The molecule has 2 rings (SSSR count). The summed E-state index contributed by atoms with van der Waals surface area (Å²) in [5.74, 6) is 0. The highest BCUT2D eigenvalue weighted by molar-refractivity contribution is 5.86. The molecule has 0 fully saturated rings. The van der Waals surface area contributed by atoms with Gasteiger partial charge in [-0.2, -0.15) is 0 Å². The zero-order valence-corrected chi connectivity index (χ0v) is 10.3. The van der Waals surface area contributed by atoms with Gasteiger partial charge in [0.1, 0.15) is 12.9 Å². The van der Waals surface area contributed by atoms with Crippen LogP contribution in [0, 0.1) is 6.92 Å². The van der Waals surface area contributed by atoms with Crippen LogP contribution in [0.25, 0.3) is 5.69 Å². The Kier molecular flexibility index (Phi) is 4.04. The Morgan fingerprint density at radius 3 is 3.05 bits per heavy atom. The number of nitrogens with zero attached hydrogens (tertiary/aromatic N) is 4. The van der Waals surface area contributed by atoms with Crippen LogP contribution in [0.4, 0.5) is 10.5 Å². The van der Waals surface area contributed by atoms with Crippen LogP contribution in [0.1, 0.15) is 5.56 Å². The van der Waals surface area contributed by atoms with Gasteiger partial charge in [0.25, 0.3) is 0 Å². The quantitative estimate of drug-likeness (QED) is 0.833. The van der Waals surface area contributed by atoms with E-state index in [-0.39, 0.29) is 13.2 Å². The summed E-state index contributed by atoms with van der Waals surface area (Å²) in [5, 5.41) is 22.0. The number of anilines is 1. The first-order chi connectivity index (χ1) is 9.20. The predicted octanol–water partition coefficient (Wildman–Crippen LogP) is 0.512. The number of nitrogens with one attached hydrogen (secondary N) is 1. The average molecular weight is 263 g/mol. The lowest BCUT2D eigenvalue weighted by Crippen LogP contribution is -2.16. The third-order valence-electron chi connectivity index (χ3n) is 2.40. The van der Waals surface area contributed by atoms with Crippen molar-refractivity contribution in [3.05, 3.63) is 30.1 Å². The third-order valence-corrected chi connectivity index (χ3v) is 2.40. The molecule has 100 valence electrons. The van der Waals surface area contributed by atoms with Crippen molar-refractivity contribution in [2.75, 3.05) is 18.5 Å². The van der Waals surface area contributed by atoms with Gasteiger partial charge >= 0.3 is 6.09 Å². The number of carbonyl (C=O) groups excluding carboxylic acids is 1. The van der Waals surface area contributed by atoms with Gasteiger partial charge in [-0.15, -0.1) is 5.10 Å². The number of rotatable bonds is 4. The summed E-state index contributed by atoms with van der Waals surface area (Å²) in [4.78, 5) is 11.4. The predicted molar refractivity (Wildman–Crippen MR) is 65.9 cm³/mol. The minimum absolute atomic E-state index is 0.0441. The minimum atomic E-state index is -0.619. The van der Waals surface area contributed by atoms with Crippen LogP contribution in [0.5, 0.6) is 0 Å². The van der Waals surface area contributed by atoms with E-state index in [0.717, 1.165) is 5.56 Å². The number of hydrogen-bond donors (Lipinski definition) is 2. The van der Waals surface area contributed by atoms with Gasteiger partial charge < -0.3 is 9.84 Å². The topological polar surface area (TPSA) is 102 Å². The molecule has 0 aliphatic rings. The molecule has 0 radical (unpaired) electrons. The maximum absolute atomic E-state index is 11.4. The van der Waals surface area contributed by atoms with Crippen molar-refractivity contribution in [3.63, 3.8) is 0 Å². The molecule has 1 aromatic heterocycles. The van der Waals surface area contributed by atoms with Crippen molar-refractivity contribution >= 4 is 11.8 Å². The van der Waals surface area contributed by atoms with E-state index < -0.39 is 6.09 Å². The number of aliphatic hydroxyl groups is 1. The zero-order chi connectivity index (χ0) is 13.7. The number of ether oxygens (including phenoxy) is 1. The summed E-state index contributed by atoms with van der Waals surface area (Å²) in [6, 6.07) is 5.39. The van der Waals surface area contributed by atoms with Crippen molar-refractivity contribution in [2.24, 2.45) is 0 Å². The molecule has 0 unspecified atom stereocenters. The van der Waals surface area contributed by atoms with Gasteiger partial charge in [-0.25, -0.2) is 9.48 Å². The second-order valence-corrected chi connectivity index (χ2v) is 3.74. The Bertz CT molecular complexity index is 555. The van der Waals surface area contributed by atoms with Crippen LogP contribution >= 0.6 is 0 Å². The Balaban J connectivity index is 2.16. The fourth-order valence-electron chi connectivity index (χ4n) is 1.45. The maximum atomic E-state index is 11.4. The smallest absolute Gasteiger partial charge is 0.411 e. The molecule has 0 aliphatic carbocycles. The number of aromatic nitrogens is 4. The van der Waals surface area contributed by atoms with Crippen LogP contribution in [0.3, 0.4) is 0 Å². The van der Waals surface area contributed by atoms with E-state index in [1.54, 1.807) is 6.07 Å². The fourth-order valence-corrected chi connectivity index (χ4v) is 1.45. The van der Waals surface area contributed by atoms with E-state index in [1.165, 1.54) is 11.0 Å². The molecule has 1 heterocycles. The summed E-state index contributed by atoms with van der Waals surface area (Å²) in [5.41, 5.74) is 2.18. The highest BCUT2D eigenvalue weighted by atomic mass is 16.6. The number of hydrogen-bond acceptors (Lipinski definition) is 6. The Morgan fingerprint density at radius 2 is 2.37 bits per heavy atom. The molecule has 0 aliphatic heterocycles. The third kappa shape index (κ3) is 3.26. The molecule has 8 nitrogen and oxygen atoms in total. The van der Waals surface area contributed by atoms with Crippen LogP contribution in [-0.2, 0) is 4.74 Å². The number of amides is 1. The van der Waals surface area contributed by atoms with Gasteiger partial charge in [-0.05, 0) is 35.0 Å². The van der Waals surface area contributed by atoms with Crippen molar-refractivity contribution in [1.82, 2.24) is 20.2 Å². The second kappa shape index (κ2) is 5.91. The maximum Gasteiger partial charge on any atom is 0.411 e. The highest BCUT2D eigenvalue weighted by Crippen LogP contribution is 2.19. The molecule has 0 bridgehead atoms. The van der Waals surface area contributed by atoms with Gasteiger partial charge in [0.15, 0.2) is 0 Å². The molecule has 0 saturated heterocycles. The van der Waals surface area contributed by atoms with Crippen molar-refractivity contribution < 1.29 is 14.6 Å². The molecule has 0 atom stereocenters. The van der Waals surface area contributed by atoms with Gasteiger partial charge in [-0.3, -0.25) is 5.32 Å². The molecule has 19 heavy (non-hydrogen) atoms. The van der Waals surface area contributed by atoms with Crippen molar-refractivity contribution in [3.8, 4) is 5.69 Å². The summed E-state index contributed by atoms with van der Waals surface area (Å²) in [6.07, 6.45) is 0.837. The molecule has 0 saturated carbocycles. The van der Waals surface area contributed by atoms with Crippen molar-refractivity contribution in [2.45, 2.75) is 6.92 Å². The lowest BCUT2D eigenvalue weighted by molar-refractivity contribution is 0.131. The van der Waals surface area contributed by atoms with E-state index in [1.807, 2.05) is 19.1 Å². The number of carbonyl (C=O) groups is 1. The van der Waals surface area contributed by atoms with Crippen LogP contribution in [0.2, 0.25) is 0 Å². The van der Waals surface area contributed by atoms with Crippen molar-refractivity contribution in [1.29, 1.82) is 0 Å². The molecule has 1 aromatic carbocycles. The lowest BCUT2D eigenvalue weighted by Gasteiger charge is -2.10. The Labute approximate surface area is 109 Å². The first-order valence-electron chi connectivity index (χ1n) is 5.59. The number of benzene rings is 1. The zero-order valence-electron chi connectivity index (χ0n) is 10.3. The molecule has 2 N–H and O–H groups in total.